The Morgan fingerprint density at radius 2 is 1.18 bits per heavy atom. The number of nitrogens with two attached hydrogens (primary N) is 1. The summed E-state index contributed by atoms with van der Waals surface area (Å²) in [6, 6.07) is 21.4. The SMILES string of the molecule is Cc1cc(-n2c3ccccc3c3ccccc32)cc(C)c1N. The zero-order chi connectivity index (χ0) is 15.3. The van der Waals surface area contributed by atoms with Crippen molar-refractivity contribution in [1.29, 1.82) is 0 Å². The first-order chi connectivity index (χ1) is 10.7. The van der Waals surface area contributed by atoms with Crippen LogP contribution in [0.25, 0.3) is 27.5 Å². The van der Waals surface area contributed by atoms with E-state index in [9.17, 15) is 0 Å². The molecule has 2 nitrogen and oxygen atoms in total. The third-order valence-corrected chi connectivity index (χ3v) is 4.42. The number of hydrogen-bond acceptors (Lipinski definition) is 1. The molecule has 0 saturated heterocycles. The highest BCUT2D eigenvalue weighted by atomic mass is 15.0. The molecule has 4 rings (SSSR count). The summed E-state index contributed by atoms with van der Waals surface area (Å²) in [5.41, 5.74) is 12.9. The molecule has 0 spiro atoms. The Morgan fingerprint density at radius 1 is 0.727 bits per heavy atom. The zero-order valence-corrected chi connectivity index (χ0v) is 12.8. The molecule has 2 N–H and O–H groups in total. The van der Waals surface area contributed by atoms with Gasteiger partial charge in [0.2, 0.25) is 0 Å². The molecular formula is C20H18N2. The highest BCUT2D eigenvalue weighted by molar-refractivity contribution is 6.09. The average Bonchev–Trinajstić information content (AvgIpc) is 2.87. The monoisotopic (exact) mass is 286 g/mol. The lowest BCUT2D eigenvalue weighted by atomic mass is 10.1. The van der Waals surface area contributed by atoms with Crippen LogP contribution in [0.2, 0.25) is 0 Å². The Morgan fingerprint density at radius 3 is 1.68 bits per heavy atom. The first kappa shape index (κ1) is 13.0. The minimum absolute atomic E-state index is 0.879. The fraction of sp³-hybridized carbons (Fsp3) is 0.100. The summed E-state index contributed by atoms with van der Waals surface area (Å²) in [5, 5.41) is 2.57. The van der Waals surface area contributed by atoms with Crippen LogP contribution in [0.1, 0.15) is 11.1 Å². The van der Waals surface area contributed by atoms with E-state index in [2.05, 4.69) is 79.1 Å². The predicted octanol–water partition coefficient (Wildman–Crippen LogP) is 4.98. The molecular weight excluding hydrogens is 268 g/mol. The van der Waals surface area contributed by atoms with Gasteiger partial charge in [0.1, 0.15) is 0 Å². The zero-order valence-electron chi connectivity index (χ0n) is 12.8. The van der Waals surface area contributed by atoms with Gasteiger partial charge in [-0.2, -0.15) is 0 Å². The summed E-state index contributed by atoms with van der Waals surface area (Å²) >= 11 is 0. The number of nitrogens with zero attached hydrogens (tertiary/aromatic N) is 1. The summed E-state index contributed by atoms with van der Waals surface area (Å²) in [7, 11) is 0. The maximum atomic E-state index is 6.12. The van der Waals surface area contributed by atoms with Crippen molar-refractivity contribution in [1.82, 2.24) is 4.57 Å². The largest absolute Gasteiger partial charge is 0.398 e. The Labute approximate surface area is 129 Å². The number of anilines is 1. The molecule has 0 aliphatic heterocycles. The van der Waals surface area contributed by atoms with E-state index < -0.39 is 0 Å². The van der Waals surface area contributed by atoms with E-state index in [1.807, 2.05) is 0 Å². The van der Waals surface area contributed by atoms with E-state index in [-0.39, 0.29) is 0 Å². The minimum Gasteiger partial charge on any atom is -0.398 e. The van der Waals surface area contributed by atoms with Crippen LogP contribution in [-0.4, -0.2) is 4.57 Å². The maximum absolute atomic E-state index is 6.12. The topological polar surface area (TPSA) is 30.9 Å². The van der Waals surface area contributed by atoms with Gasteiger partial charge >= 0.3 is 0 Å². The average molecular weight is 286 g/mol. The van der Waals surface area contributed by atoms with Crippen molar-refractivity contribution in [3.8, 4) is 5.69 Å². The molecule has 0 fully saturated rings. The van der Waals surface area contributed by atoms with Crippen LogP contribution in [0, 0.1) is 13.8 Å². The summed E-state index contributed by atoms with van der Waals surface area (Å²) in [5.74, 6) is 0. The maximum Gasteiger partial charge on any atom is 0.0541 e. The highest BCUT2D eigenvalue weighted by Gasteiger charge is 2.12. The van der Waals surface area contributed by atoms with Crippen molar-refractivity contribution in [2.24, 2.45) is 0 Å². The van der Waals surface area contributed by atoms with Crippen molar-refractivity contribution in [2.75, 3.05) is 5.73 Å². The number of para-hydroxylation sites is 2. The molecule has 22 heavy (non-hydrogen) atoms. The Kier molecular flexibility index (Phi) is 2.73. The Bertz CT molecular complexity index is 933. The second-order valence-corrected chi connectivity index (χ2v) is 5.86. The quantitative estimate of drug-likeness (QED) is 0.491. The number of rotatable bonds is 1. The fourth-order valence-electron chi connectivity index (χ4n) is 3.28. The van der Waals surface area contributed by atoms with Crippen LogP contribution in [0.4, 0.5) is 5.69 Å². The lowest BCUT2D eigenvalue weighted by molar-refractivity contribution is 1.16. The normalized spacial score (nSPS) is 11.4. The van der Waals surface area contributed by atoms with E-state index >= 15 is 0 Å². The van der Waals surface area contributed by atoms with E-state index in [0.717, 1.165) is 16.8 Å². The molecule has 0 amide bonds. The summed E-state index contributed by atoms with van der Waals surface area (Å²) in [4.78, 5) is 0. The van der Waals surface area contributed by atoms with Gasteiger partial charge < -0.3 is 10.3 Å². The van der Waals surface area contributed by atoms with E-state index in [1.165, 1.54) is 27.5 Å². The third kappa shape index (κ3) is 1.74. The van der Waals surface area contributed by atoms with Crippen molar-refractivity contribution in [2.45, 2.75) is 13.8 Å². The number of fused-ring (bicyclic) bond motifs is 3. The van der Waals surface area contributed by atoms with Gasteiger partial charge in [0.15, 0.2) is 0 Å². The predicted molar refractivity (Wildman–Crippen MR) is 94.7 cm³/mol. The lowest BCUT2D eigenvalue weighted by Crippen LogP contribution is -1.99. The van der Waals surface area contributed by atoms with Crippen molar-refractivity contribution >= 4 is 27.5 Å². The van der Waals surface area contributed by atoms with Crippen LogP contribution in [-0.2, 0) is 0 Å². The first-order valence-electron chi connectivity index (χ1n) is 7.52. The van der Waals surface area contributed by atoms with Crippen molar-refractivity contribution in [3.05, 3.63) is 71.8 Å². The van der Waals surface area contributed by atoms with Crippen LogP contribution in [0.3, 0.4) is 0 Å². The molecule has 0 bridgehead atoms. The Hall–Kier alpha value is -2.74. The van der Waals surface area contributed by atoms with E-state index in [4.69, 9.17) is 5.73 Å². The molecule has 0 aliphatic rings. The van der Waals surface area contributed by atoms with Gasteiger partial charge in [-0.05, 0) is 49.2 Å². The van der Waals surface area contributed by atoms with E-state index in [1.54, 1.807) is 0 Å². The van der Waals surface area contributed by atoms with Crippen LogP contribution in [0.15, 0.2) is 60.7 Å². The van der Waals surface area contributed by atoms with Crippen molar-refractivity contribution < 1.29 is 0 Å². The van der Waals surface area contributed by atoms with Gasteiger partial charge in [-0.1, -0.05) is 36.4 Å². The number of aromatic nitrogens is 1. The fourth-order valence-corrected chi connectivity index (χ4v) is 3.28. The molecule has 108 valence electrons. The number of benzene rings is 3. The molecule has 3 aromatic carbocycles. The molecule has 0 atom stereocenters. The third-order valence-electron chi connectivity index (χ3n) is 4.42. The smallest absolute Gasteiger partial charge is 0.0541 e. The van der Waals surface area contributed by atoms with Crippen molar-refractivity contribution in [3.63, 3.8) is 0 Å². The molecule has 0 unspecified atom stereocenters. The molecule has 0 saturated carbocycles. The van der Waals surface area contributed by atoms with Crippen LogP contribution < -0.4 is 5.73 Å². The van der Waals surface area contributed by atoms with Gasteiger partial charge in [-0.25, -0.2) is 0 Å². The van der Waals surface area contributed by atoms with Crippen LogP contribution >= 0.6 is 0 Å². The highest BCUT2D eigenvalue weighted by Crippen LogP contribution is 2.33. The standard InChI is InChI=1S/C20H18N2/c1-13-11-15(12-14(2)20(13)21)22-18-9-5-3-7-16(18)17-8-4-6-10-19(17)22/h3-12H,21H2,1-2H3. The van der Waals surface area contributed by atoms with Gasteiger partial charge in [0.25, 0.3) is 0 Å². The molecule has 4 aromatic rings. The summed E-state index contributed by atoms with van der Waals surface area (Å²) in [6.45, 7) is 4.14. The molecule has 2 heteroatoms. The minimum atomic E-state index is 0.879. The van der Waals surface area contributed by atoms with Crippen LogP contribution in [0.5, 0.6) is 0 Å². The molecule has 1 heterocycles. The summed E-state index contributed by atoms with van der Waals surface area (Å²) in [6.07, 6.45) is 0. The van der Waals surface area contributed by atoms with E-state index in [0.29, 0.717) is 0 Å². The Balaban J connectivity index is 2.17. The molecule has 0 aliphatic carbocycles. The molecule has 0 radical (unpaired) electrons. The number of nitrogen functional groups attached to an aromatic ring is 1. The van der Waals surface area contributed by atoms with Gasteiger partial charge in [0, 0.05) is 22.1 Å². The lowest BCUT2D eigenvalue weighted by Gasteiger charge is -2.12. The van der Waals surface area contributed by atoms with Gasteiger partial charge in [0.05, 0.1) is 11.0 Å². The number of hydrogen-bond donors (Lipinski definition) is 1. The van der Waals surface area contributed by atoms with Gasteiger partial charge in [-0.3, -0.25) is 0 Å². The summed E-state index contributed by atoms with van der Waals surface area (Å²) < 4.78 is 2.32. The first-order valence-corrected chi connectivity index (χ1v) is 7.52. The molecule has 1 aromatic heterocycles. The second-order valence-electron chi connectivity index (χ2n) is 5.86. The number of aryl methyl sites for hydroxylation is 2. The van der Waals surface area contributed by atoms with Gasteiger partial charge in [-0.15, -0.1) is 0 Å². The second kappa shape index (κ2) is 4.63.